The molecule has 3 amide bonds. The molecule has 6 heteroatoms. The number of amides is 3. The molecule has 0 spiro atoms. The van der Waals surface area contributed by atoms with E-state index in [2.05, 4.69) is 16.0 Å². The summed E-state index contributed by atoms with van der Waals surface area (Å²) in [4.78, 5) is 34.5. The van der Waals surface area contributed by atoms with Crippen LogP contribution in [0.25, 0.3) is 0 Å². The van der Waals surface area contributed by atoms with Crippen LogP contribution in [0, 0.1) is 0 Å². The van der Waals surface area contributed by atoms with E-state index >= 15 is 0 Å². The smallest absolute Gasteiger partial charge is 0.257 e. The van der Waals surface area contributed by atoms with Crippen molar-refractivity contribution in [3.63, 3.8) is 0 Å². The van der Waals surface area contributed by atoms with Gasteiger partial charge in [-0.05, 0) is 36.4 Å². The van der Waals surface area contributed by atoms with Crippen LogP contribution in [0.2, 0.25) is 0 Å². The molecule has 0 aliphatic carbocycles. The molecule has 0 fully saturated rings. The zero-order valence-corrected chi connectivity index (χ0v) is 12.8. The highest BCUT2D eigenvalue weighted by atomic mass is 16.2. The summed E-state index contributed by atoms with van der Waals surface area (Å²) < 4.78 is 0. The van der Waals surface area contributed by atoms with Crippen molar-refractivity contribution in [2.75, 3.05) is 16.0 Å². The van der Waals surface area contributed by atoms with Crippen molar-refractivity contribution < 1.29 is 14.4 Å². The van der Waals surface area contributed by atoms with E-state index in [1.54, 1.807) is 48.5 Å². The molecule has 0 aliphatic rings. The van der Waals surface area contributed by atoms with Crippen LogP contribution in [0.5, 0.6) is 0 Å². The lowest BCUT2D eigenvalue weighted by molar-refractivity contribution is -0.115. The van der Waals surface area contributed by atoms with Crippen molar-refractivity contribution in [3.05, 3.63) is 54.1 Å². The quantitative estimate of drug-likeness (QED) is 0.811. The van der Waals surface area contributed by atoms with E-state index in [-0.39, 0.29) is 17.7 Å². The summed E-state index contributed by atoms with van der Waals surface area (Å²) in [7, 11) is 0. The van der Waals surface area contributed by atoms with Gasteiger partial charge in [0.2, 0.25) is 11.8 Å². The number of carbonyl (C=O) groups is 3. The lowest BCUT2D eigenvalue weighted by atomic mass is 10.1. The lowest BCUT2D eigenvalue weighted by Crippen LogP contribution is -2.16. The Labute approximate surface area is 133 Å². The average molecular weight is 311 g/mol. The maximum atomic E-state index is 12.3. The van der Waals surface area contributed by atoms with Crippen molar-refractivity contribution >= 4 is 34.8 Å². The molecular formula is C17H17N3O3. The fourth-order valence-corrected chi connectivity index (χ4v) is 2.02. The molecule has 0 unspecified atom stereocenters. The molecule has 0 atom stereocenters. The lowest BCUT2D eigenvalue weighted by Gasteiger charge is -2.11. The maximum Gasteiger partial charge on any atom is 0.257 e. The van der Waals surface area contributed by atoms with Crippen molar-refractivity contribution in [2.45, 2.75) is 13.8 Å². The van der Waals surface area contributed by atoms with Gasteiger partial charge in [-0.1, -0.05) is 12.1 Å². The Morgan fingerprint density at radius 3 is 1.78 bits per heavy atom. The first-order valence-corrected chi connectivity index (χ1v) is 7.01. The van der Waals surface area contributed by atoms with Gasteiger partial charge in [0.05, 0.1) is 11.3 Å². The highest BCUT2D eigenvalue weighted by molar-refractivity contribution is 6.10. The fourth-order valence-electron chi connectivity index (χ4n) is 2.02. The van der Waals surface area contributed by atoms with E-state index in [1.807, 2.05) is 0 Å². The topological polar surface area (TPSA) is 87.3 Å². The molecule has 118 valence electrons. The third-order valence-corrected chi connectivity index (χ3v) is 2.95. The first kappa shape index (κ1) is 16.2. The molecule has 0 saturated heterocycles. The first-order chi connectivity index (χ1) is 11.0. The van der Waals surface area contributed by atoms with Gasteiger partial charge in [-0.3, -0.25) is 14.4 Å². The van der Waals surface area contributed by atoms with Crippen molar-refractivity contribution in [1.29, 1.82) is 0 Å². The summed E-state index contributed by atoms with van der Waals surface area (Å²) in [5.41, 5.74) is 2.05. The Morgan fingerprint density at radius 2 is 1.22 bits per heavy atom. The van der Waals surface area contributed by atoms with Crippen LogP contribution in [0.3, 0.4) is 0 Å². The molecule has 0 bridgehead atoms. The third-order valence-electron chi connectivity index (χ3n) is 2.95. The van der Waals surface area contributed by atoms with E-state index in [0.29, 0.717) is 22.6 Å². The van der Waals surface area contributed by atoms with Gasteiger partial charge in [0, 0.05) is 25.2 Å². The predicted molar refractivity (Wildman–Crippen MR) is 89.4 cm³/mol. The molecule has 2 aromatic carbocycles. The Bertz CT molecular complexity index is 739. The van der Waals surface area contributed by atoms with E-state index in [4.69, 9.17) is 0 Å². The number of carbonyl (C=O) groups excluding carboxylic acids is 3. The van der Waals surface area contributed by atoms with E-state index in [1.165, 1.54) is 13.8 Å². The predicted octanol–water partition coefficient (Wildman–Crippen LogP) is 2.86. The zero-order chi connectivity index (χ0) is 16.8. The van der Waals surface area contributed by atoms with Gasteiger partial charge in [-0.15, -0.1) is 0 Å². The Kier molecular flexibility index (Phi) is 5.09. The van der Waals surface area contributed by atoms with Gasteiger partial charge in [-0.2, -0.15) is 0 Å². The van der Waals surface area contributed by atoms with Crippen LogP contribution in [0.1, 0.15) is 24.2 Å². The van der Waals surface area contributed by atoms with Gasteiger partial charge in [-0.25, -0.2) is 0 Å². The summed E-state index contributed by atoms with van der Waals surface area (Å²) >= 11 is 0. The normalized spacial score (nSPS) is 9.83. The number of anilines is 3. The minimum atomic E-state index is -0.332. The van der Waals surface area contributed by atoms with E-state index in [0.717, 1.165) is 0 Å². The van der Waals surface area contributed by atoms with Crippen molar-refractivity contribution in [1.82, 2.24) is 0 Å². The maximum absolute atomic E-state index is 12.3. The number of hydrogen-bond acceptors (Lipinski definition) is 3. The number of hydrogen-bond donors (Lipinski definition) is 3. The molecule has 6 nitrogen and oxygen atoms in total. The van der Waals surface area contributed by atoms with Gasteiger partial charge in [0.1, 0.15) is 0 Å². The first-order valence-electron chi connectivity index (χ1n) is 7.01. The highest BCUT2D eigenvalue weighted by Gasteiger charge is 2.12. The SMILES string of the molecule is CC(=O)Nc1ccc(NC(=O)c2ccccc2NC(C)=O)cc1. The molecule has 3 N–H and O–H groups in total. The van der Waals surface area contributed by atoms with Gasteiger partial charge >= 0.3 is 0 Å². The fraction of sp³-hybridized carbons (Fsp3) is 0.118. The summed E-state index contributed by atoms with van der Waals surface area (Å²) in [6.45, 7) is 2.81. The highest BCUT2D eigenvalue weighted by Crippen LogP contribution is 2.18. The molecule has 23 heavy (non-hydrogen) atoms. The van der Waals surface area contributed by atoms with Crippen LogP contribution in [-0.4, -0.2) is 17.7 Å². The van der Waals surface area contributed by atoms with Gasteiger partial charge in [0.25, 0.3) is 5.91 Å². The number of para-hydroxylation sites is 1. The Morgan fingerprint density at radius 1 is 0.696 bits per heavy atom. The standard InChI is InChI=1S/C17H17N3O3/c1-11(21)18-13-7-9-14(10-8-13)20-17(23)15-5-3-4-6-16(15)19-12(2)22/h3-10H,1-2H3,(H,18,21)(H,19,22)(H,20,23). The molecule has 0 saturated carbocycles. The van der Waals surface area contributed by atoms with Crippen LogP contribution < -0.4 is 16.0 Å². The van der Waals surface area contributed by atoms with E-state index in [9.17, 15) is 14.4 Å². The molecule has 0 heterocycles. The minimum Gasteiger partial charge on any atom is -0.326 e. The molecule has 2 aromatic rings. The Balaban J connectivity index is 2.13. The van der Waals surface area contributed by atoms with Crippen LogP contribution in [0.15, 0.2) is 48.5 Å². The van der Waals surface area contributed by atoms with Crippen LogP contribution in [0.4, 0.5) is 17.1 Å². The molecule has 0 aromatic heterocycles. The second kappa shape index (κ2) is 7.22. The largest absolute Gasteiger partial charge is 0.326 e. The van der Waals surface area contributed by atoms with Crippen LogP contribution in [-0.2, 0) is 9.59 Å². The molecule has 0 aliphatic heterocycles. The van der Waals surface area contributed by atoms with E-state index < -0.39 is 0 Å². The van der Waals surface area contributed by atoms with Crippen molar-refractivity contribution in [2.24, 2.45) is 0 Å². The summed E-state index contributed by atoms with van der Waals surface area (Å²) in [6, 6.07) is 13.5. The second-order valence-electron chi connectivity index (χ2n) is 4.94. The Hall–Kier alpha value is -3.15. The van der Waals surface area contributed by atoms with Crippen LogP contribution >= 0.6 is 0 Å². The summed E-state index contributed by atoms with van der Waals surface area (Å²) in [5.74, 6) is -0.738. The summed E-state index contributed by atoms with van der Waals surface area (Å²) in [5, 5.41) is 8.02. The monoisotopic (exact) mass is 311 g/mol. The zero-order valence-electron chi connectivity index (χ0n) is 12.8. The van der Waals surface area contributed by atoms with Gasteiger partial charge < -0.3 is 16.0 Å². The number of benzene rings is 2. The number of nitrogens with one attached hydrogen (secondary N) is 3. The molecule has 2 rings (SSSR count). The average Bonchev–Trinajstić information content (AvgIpc) is 2.48. The minimum absolute atomic E-state index is 0.161. The second-order valence-corrected chi connectivity index (χ2v) is 4.94. The molecular weight excluding hydrogens is 294 g/mol. The third kappa shape index (κ3) is 4.67. The summed E-state index contributed by atoms with van der Waals surface area (Å²) in [6.07, 6.45) is 0. The number of rotatable bonds is 4. The molecule has 0 radical (unpaired) electrons. The van der Waals surface area contributed by atoms with Gasteiger partial charge in [0.15, 0.2) is 0 Å². The van der Waals surface area contributed by atoms with Crippen molar-refractivity contribution in [3.8, 4) is 0 Å².